The minimum Gasteiger partial charge on any atom is -0.481 e. The lowest BCUT2D eigenvalue weighted by Gasteiger charge is -2.17. The molecule has 1 atom stereocenters. The zero-order chi connectivity index (χ0) is 13.1. The van der Waals surface area contributed by atoms with Gasteiger partial charge in [-0.3, -0.25) is 9.59 Å². The molecule has 0 bridgehead atoms. The van der Waals surface area contributed by atoms with E-state index in [1.807, 2.05) is 25.1 Å². The first-order valence-electron chi connectivity index (χ1n) is 6.16. The van der Waals surface area contributed by atoms with Crippen molar-refractivity contribution >= 4 is 11.9 Å². The Morgan fingerprint density at radius 3 is 2.61 bits per heavy atom. The van der Waals surface area contributed by atoms with Crippen LogP contribution in [0, 0.1) is 12.8 Å². The maximum absolute atomic E-state index is 12.1. The molecule has 0 aromatic heterocycles. The second kappa shape index (κ2) is 5.21. The van der Waals surface area contributed by atoms with Gasteiger partial charge in [-0.2, -0.15) is 0 Å². The van der Waals surface area contributed by atoms with Gasteiger partial charge in [0.2, 0.25) is 0 Å². The van der Waals surface area contributed by atoms with Crippen LogP contribution in [0.4, 0.5) is 0 Å². The third-order valence-corrected chi connectivity index (χ3v) is 3.29. The average molecular weight is 247 g/mol. The summed E-state index contributed by atoms with van der Waals surface area (Å²) in [4.78, 5) is 22.9. The van der Waals surface area contributed by atoms with Gasteiger partial charge in [-0.1, -0.05) is 18.2 Å². The Hall–Kier alpha value is -1.84. The molecular formula is C14H17NO3. The molecule has 2 rings (SSSR count). The number of amides is 1. The van der Waals surface area contributed by atoms with Crippen LogP contribution in [0.15, 0.2) is 24.3 Å². The Kier molecular flexibility index (Phi) is 3.65. The molecular weight excluding hydrogens is 230 g/mol. The fraction of sp³-hybridized carbons (Fsp3) is 0.429. The molecule has 0 saturated heterocycles. The second-order valence-electron chi connectivity index (χ2n) is 4.83. The molecule has 1 unspecified atom stereocenters. The van der Waals surface area contributed by atoms with Crippen LogP contribution in [0.2, 0.25) is 0 Å². The number of rotatable bonds is 5. The summed E-state index contributed by atoms with van der Waals surface area (Å²) in [5.74, 6) is -0.711. The molecule has 0 aliphatic heterocycles. The standard InChI is InChI=1S/C14H17NO3/c1-9-4-2-3-5-11(9)14(18)15-12(8-13(16)17)10-6-7-10/h2-5,10,12H,6-8H2,1H3,(H,15,18)(H,16,17). The zero-order valence-corrected chi connectivity index (χ0v) is 10.3. The molecule has 1 fully saturated rings. The van der Waals surface area contributed by atoms with E-state index in [2.05, 4.69) is 5.32 Å². The highest BCUT2D eigenvalue weighted by Gasteiger charge is 2.33. The highest BCUT2D eigenvalue weighted by molar-refractivity contribution is 5.96. The van der Waals surface area contributed by atoms with Crippen LogP contribution in [-0.2, 0) is 4.79 Å². The van der Waals surface area contributed by atoms with Gasteiger partial charge >= 0.3 is 5.97 Å². The molecule has 1 aliphatic carbocycles. The SMILES string of the molecule is Cc1ccccc1C(=O)NC(CC(=O)O)C1CC1. The minimum absolute atomic E-state index is 0.00227. The van der Waals surface area contributed by atoms with Crippen LogP contribution >= 0.6 is 0 Å². The van der Waals surface area contributed by atoms with E-state index in [9.17, 15) is 9.59 Å². The van der Waals surface area contributed by atoms with Crippen molar-refractivity contribution < 1.29 is 14.7 Å². The number of carbonyl (C=O) groups is 2. The van der Waals surface area contributed by atoms with Crippen molar-refractivity contribution in [2.45, 2.75) is 32.2 Å². The van der Waals surface area contributed by atoms with Crippen LogP contribution in [0.5, 0.6) is 0 Å². The summed E-state index contributed by atoms with van der Waals surface area (Å²) in [6.45, 7) is 1.87. The topological polar surface area (TPSA) is 66.4 Å². The summed E-state index contributed by atoms with van der Waals surface area (Å²) >= 11 is 0. The van der Waals surface area contributed by atoms with Crippen LogP contribution < -0.4 is 5.32 Å². The van der Waals surface area contributed by atoms with E-state index in [0.29, 0.717) is 11.5 Å². The number of aryl methyl sites for hydroxylation is 1. The first kappa shape index (κ1) is 12.6. The molecule has 1 aromatic carbocycles. The number of carboxylic acid groups (broad SMARTS) is 1. The number of hydrogen-bond acceptors (Lipinski definition) is 2. The molecule has 1 aromatic rings. The van der Waals surface area contributed by atoms with E-state index in [4.69, 9.17) is 5.11 Å². The summed E-state index contributed by atoms with van der Waals surface area (Å²) in [6, 6.07) is 7.08. The Bertz CT molecular complexity index is 466. The molecule has 4 nitrogen and oxygen atoms in total. The highest BCUT2D eigenvalue weighted by Crippen LogP contribution is 2.34. The van der Waals surface area contributed by atoms with Gasteiger partial charge in [0.1, 0.15) is 0 Å². The fourth-order valence-corrected chi connectivity index (χ4v) is 2.10. The lowest BCUT2D eigenvalue weighted by molar-refractivity contribution is -0.137. The van der Waals surface area contributed by atoms with Gasteiger partial charge in [0.05, 0.1) is 6.42 Å². The normalized spacial score (nSPS) is 16.1. The van der Waals surface area contributed by atoms with E-state index in [1.165, 1.54) is 0 Å². The highest BCUT2D eigenvalue weighted by atomic mass is 16.4. The Morgan fingerprint density at radius 2 is 2.06 bits per heavy atom. The maximum atomic E-state index is 12.1. The van der Waals surface area contributed by atoms with Gasteiger partial charge in [-0.15, -0.1) is 0 Å². The van der Waals surface area contributed by atoms with E-state index < -0.39 is 5.97 Å². The second-order valence-corrected chi connectivity index (χ2v) is 4.83. The van der Waals surface area contributed by atoms with Crippen molar-refractivity contribution in [1.29, 1.82) is 0 Å². The molecule has 2 N–H and O–H groups in total. The molecule has 0 spiro atoms. The number of aliphatic carboxylic acids is 1. The lowest BCUT2D eigenvalue weighted by Crippen LogP contribution is -2.38. The fourth-order valence-electron chi connectivity index (χ4n) is 2.10. The van der Waals surface area contributed by atoms with Gasteiger partial charge in [0.25, 0.3) is 5.91 Å². The zero-order valence-electron chi connectivity index (χ0n) is 10.3. The lowest BCUT2D eigenvalue weighted by atomic mass is 10.1. The van der Waals surface area contributed by atoms with E-state index in [0.717, 1.165) is 18.4 Å². The number of hydrogen-bond donors (Lipinski definition) is 2. The van der Waals surface area contributed by atoms with Gasteiger partial charge in [-0.05, 0) is 37.3 Å². The molecule has 0 heterocycles. The van der Waals surface area contributed by atoms with Crippen LogP contribution in [0.3, 0.4) is 0 Å². The van der Waals surface area contributed by atoms with Crippen molar-refractivity contribution in [3.05, 3.63) is 35.4 Å². The summed E-state index contributed by atoms with van der Waals surface area (Å²) < 4.78 is 0. The van der Waals surface area contributed by atoms with Crippen molar-refractivity contribution in [2.24, 2.45) is 5.92 Å². The van der Waals surface area contributed by atoms with Crippen molar-refractivity contribution in [1.82, 2.24) is 5.32 Å². The first-order valence-corrected chi connectivity index (χ1v) is 6.16. The molecule has 4 heteroatoms. The van der Waals surface area contributed by atoms with Crippen molar-refractivity contribution in [3.8, 4) is 0 Å². The predicted octanol–water partition coefficient (Wildman–Crippen LogP) is 1.98. The van der Waals surface area contributed by atoms with Crippen LogP contribution in [0.25, 0.3) is 0 Å². The first-order chi connectivity index (χ1) is 8.58. The predicted molar refractivity (Wildman–Crippen MR) is 67.4 cm³/mol. The third-order valence-electron chi connectivity index (χ3n) is 3.29. The van der Waals surface area contributed by atoms with Gasteiger partial charge in [0, 0.05) is 11.6 Å². The quantitative estimate of drug-likeness (QED) is 0.836. The van der Waals surface area contributed by atoms with Crippen LogP contribution in [-0.4, -0.2) is 23.0 Å². The third kappa shape index (κ3) is 3.09. The smallest absolute Gasteiger partial charge is 0.305 e. The average Bonchev–Trinajstić information content (AvgIpc) is 3.11. The van der Waals surface area contributed by atoms with Gasteiger partial charge in [0.15, 0.2) is 0 Å². The summed E-state index contributed by atoms with van der Waals surface area (Å²) in [6.07, 6.45) is 2.01. The van der Waals surface area contributed by atoms with Crippen molar-refractivity contribution in [2.75, 3.05) is 0 Å². The van der Waals surface area contributed by atoms with E-state index >= 15 is 0 Å². The molecule has 18 heavy (non-hydrogen) atoms. The number of nitrogens with one attached hydrogen (secondary N) is 1. The van der Waals surface area contributed by atoms with E-state index in [-0.39, 0.29) is 18.4 Å². The number of benzene rings is 1. The minimum atomic E-state index is -0.864. The van der Waals surface area contributed by atoms with Gasteiger partial charge in [-0.25, -0.2) is 0 Å². The summed E-state index contributed by atoms with van der Waals surface area (Å²) in [5.41, 5.74) is 1.52. The summed E-state index contributed by atoms with van der Waals surface area (Å²) in [7, 11) is 0. The van der Waals surface area contributed by atoms with E-state index in [1.54, 1.807) is 6.07 Å². The Labute approximate surface area is 106 Å². The Morgan fingerprint density at radius 1 is 1.39 bits per heavy atom. The largest absolute Gasteiger partial charge is 0.481 e. The molecule has 96 valence electrons. The number of carbonyl (C=O) groups excluding carboxylic acids is 1. The number of carboxylic acids is 1. The Balaban J connectivity index is 2.05. The molecule has 0 radical (unpaired) electrons. The van der Waals surface area contributed by atoms with Crippen molar-refractivity contribution in [3.63, 3.8) is 0 Å². The maximum Gasteiger partial charge on any atom is 0.305 e. The van der Waals surface area contributed by atoms with Gasteiger partial charge < -0.3 is 10.4 Å². The summed E-state index contributed by atoms with van der Waals surface area (Å²) in [5, 5.41) is 11.7. The monoisotopic (exact) mass is 247 g/mol. The molecule has 1 amide bonds. The van der Waals surface area contributed by atoms with Crippen LogP contribution in [0.1, 0.15) is 35.2 Å². The molecule has 1 saturated carbocycles. The molecule has 1 aliphatic rings.